The van der Waals surface area contributed by atoms with Gasteiger partial charge in [-0.05, 0) is 48.7 Å². The van der Waals surface area contributed by atoms with Crippen molar-refractivity contribution < 1.29 is 21.6 Å². The second kappa shape index (κ2) is 8.48. The Bertz CT molecular complexity index is 1030. The average molecular weight is 445 g/mol. The van der Waals surface area contributed by atoms with Gasteiger partial charge >= 0.3 is 0 Å². The van der Waals surface area contributed by atoms with Crippen LogP contribution in [0.3, 0.4) is 0 Å². The third-order valence-electron chi connectivity index (χ3n) is 4.53. The van der Waals surface area contributed by atoms with E-state index in [0.29, 0.717) is 17.2 Å². The van der Waals surface area contributed by atoms with E-state index in [0.717, 1.165) is 12.8 Å². The number of nitrogens with two attached hydrogens (primary N) is 1. The van der Waals surface area contributed by atoms with E-state index in [1.165, 1.54) is 28.6 Å². The van der Waals surface area contributed by atoms with Gasteiger partial charge in [0.25, 0.3) is 0 Å². The van der Waals surface area contributed by atoms with Crippen molar-refractivity contribution in [2.45, 2.75) is 35.3 Å². The van der Waals surface area contributed by atoms with Gasteiger partial charge in [-0.2, -0.15) is 4.31 Å². The molecule has 1 aliphatic rings. The lowest BCUT2D eigenvalue weighted by Gasteiger charge is -2.25. The number of primary sulfonamides is 1. The fraction of sp³-hybridized carbons (Fsp3) is 0.333. The summed E-state index contributed by atoms with van der Waals surface area (Å²) < 4.78 is 56.3. The van der Waals surface area contributed by atoms with Crippen LogP contribution in [0.4, 0.5) is 0 Å². The summed E-state index contributed by atoms with van der Waals surface area (Å²) in [5, 5.41) is 5.56. The highest BCUT2D eigenvalue weighted by atomic mass is 35.5. The summed E-state index contributed by atoms with van der Waals surface area (Å²) in [4.78, 5) is -0.173. The lowest BCUT2D eigenvalue weighted by molar-refractivity contribution is 0.0926. The van der Waals surface area contributed by atoms with Crippen LogP contribution < -0.4 is 5.14 Å². The number of hydrogen-bond donors (Lipinski definition) is 1. The van der Waals surface area contributed by atoms with Gasteiger partial charge in [-0.1, -0.05) is 29.8 Å². The molecular weight excluding hydrogens is 424 g/mol. The second-order valence-corrected chi connectivity index (χ2v) is 10.4. The van der Waals surface area contributed by atoms with E-state index in [1.54, 1.807) is 24.3 Å². The van der Waals surface area contributed by atoms with Gasteiger partial charge in [-0.25, -0.2) is 22.0 Å². The van der Waals surface area contributed by atoms with Crippen LogP contribution in [0, 0.1) is 0 Å². The Labute approximate surface area is 170 Å². The predicted octanol–water partition coefficient (Wildman–Crippen LogP) is 2.36. The highest BCUT2D eigenvalue weighted by Crippen LogP contribution is 2.25. The lowest BCUT2D eigenvalue weighted by atomic mass is 10.2. The summed E-state index contributed by atoms with van der Waals surface area (Å²) in [5.41, 5.74) is 0.673. The number of ether oxygens (including phenoxy) is 1. The highest BCUT2D eigenvalue weighted by Gasteiger charge is 2.30. The van der Waals surface area contributed by atoms with Gasteiger partial charge in [0.15, 0.2) is 0 Å². The van der Waals surface area contributed by atoms with Gasteiger partial charge in [0, 0.05) is 24.7 Å². The predicted molar refractivity (Wildman–Crippen MR) is 106 cm³/mol. The Balaban J connectivity index is 1.94. The van der Waals surface area contributed by atoms with Crippen molar-refractivity contribution in [3.8, 4) is 0 Å². The standard InChI is InChI=1S/C18H21ClN2O5S2/c19-18-6-2-1-4-14(18)12-21(13-15-5-3-11-26-15)28(24,25)17-9-7-16(8-10-17)27(20,22)23/h1-2,4,6-10,15H,3,5,11-13H2,(H2,20,22,23). The van der Waals surface area contributed by atoms with Gasteiger partial charge < -0.3 is 4.74 Å². The summed E-state index contributed by atoms with van der Waals surface area (Å²) in [5.74, 6) is 0. The van der Waals surface area contributed by atoms with Crippen LogP contribution in [0.15, 0.2) is 58.3 Å². The maximum Gasteiger partial charge on any atom is 0.243 e. The molecule has 1 heterocycles. The Morgan fingerprint density at radius 1 is 1.04 bits per heavy atom. The maximum atomic E-state index is 13.2. The first kappa shape index (κ1) is 21.2. The topological polar surface area (TPSA) is 107 Å². The first-order valence-electron chi connectivity index (χ1n) is 8.66. The summed E-state index contributed by atoms with van der Waals surface area (Å²) in [7, 11) is -7.81. The van der Waals surface area contributed by atoms with Crippen molar-refractivity contribution in [2.75, 3.05) is 13.2 Å². The van der Waals surface area contributed by atoms with E-state index >= 15 is 0 Å². The molecule has 3 rings (SSSR count). The SMILES string of the molecule is NS(=O)(=O)c1ccc(S(=O)(=O)N(Cc2ccccc2Cl)CC2CCCO2)cc1. The minimum absolute atomic E-state index is 0.0232. The molecule has 0 saturated carbocycles. The molecule has 1 atom stereocenters. The van der Waals surface area contributed by atoms with Crippen LogP contribution in [0.2, 0.25) is 5.02 Å². The maximum absolute atomic E-state index is 13.2. The van der Waals surface area contributed by atoms with E-state index < -0.39 is 20.0 Å². The molecule has 2 aromatic rings. The van der Waals surface area contributed by atoms with E-state index in [1.807, 2.05) is 0 Å². The molecule has 2 aromatic carbocycles. The molecule has 1 unspecified atom stereocenters. The van der Waals surface area contributed by atoms with Crippen molar-refractivity contribution in [2.24, 2.45) is 5.14 Å². The molecule has 1 saturated heterocycles. The van der Waals surface area contributed by atoms with Crippen molar-refractivity contribution in [1.82, 2.24) is 4.31 Å². The van der Waals surface area contributed by atoms with Gasteiger partial charge in [0.1, 0.15) is 0 Å². The first-order valence-corrected chi connectivity index (χ1v) is 12.0. The number of benzene rings is 2. The van der Waals surface area contributed by atoms with Crippen LogP contribution in [0.25, 0.3) is 0 Å². The Hall–Kier alpha value is -1.49. The van der Waals surface area contributed by atoms with Gasteiger partial charge in [-0.15, -0.1) is 0 Å². The largest absolute Gasteiger partial charge is 0.377 e. The number of rotatable bonds is 7. The van der Waals surface area contributed by atoms with Crippen LogP contribution in [-0.4, -0.2) is 40.4 Å². The summed E-state index contributed by atoms with van der Waals surface area (Å²) in [6, 6.07) is 11.9. The molecule has 1 fully saturated rings. The molecule has 152 valence electrons. The minimum Gasteiger partial charge on any atom is -0.377 e. The Morgan fingerprint density at radius 2 is 1.68 bits per heavy atom. The third kappa shape index (κ3) is 4.91. The Morgan fingerprint density at radius 3 is 2.25 bits per heavy atom. The lowest BCUT2D eigenvalue weighted by Crippen LogP contribution is -2.37. The molecule has 0 radical (unpaired) electrons. The van der Waals surface area contributed by atoms with Gasteiger partial charge in [0.05, 0.1) is 15.9 Å². The van der Waals surface area contributed by atoms with E-state index in [9.17, 15) is 16.8 Å². The summed E-state index contributed by atoms with van der Waals surface area (Å²) >= 11 is 6.22. The fourth-order valence-corrected chi connectivity index (χ4v) is 5.19. The molecule has 0 aliphatic carbocycles. The zero-order chi connectivity index (χ0) is 20.4. The molecule has 28 heavy (non-hydrogen) atoms. The van der Waals surface area contributed by atoms with Crippen LogP contribution in [0.5, 0.6) is 0 Å². The van der Waals surface area contributed by atoms with Crippen molar-refractivity contribution >= 4 is 31.6 Å². The van der Waals surface area contributed by atoms with Crippen LogP contribution in [0.1, 0.15) is 18.4 Å². The molecule has 0 aromatic heterocycles. The molecule has 0 spiro atoms. The minimum atomic E-state index is -3.91. The van der Waals surface area contributed by atoms with E-state index in [4.69, 9.17) is 21.5 Å². The monoisotopic (exact) mass is 444 g/mol. The number of halogens is 1. The summed E-state index contributed by atoms with van der Waals surface area (Å²) in [6.45, 7) is 0.872. The zero-order valence-corrected chi connectivity index (χ0v) is 17.4. The first-order chi connectivity index (χ1) is 13.2. The highest BCUT2D eigenvalue weighted by molar-refractivity contribution is 7.89. The number of nitrogens with zero attached hydrogens (tertiary/aromatic N) is 1. The molecule has 10 heteroatoms. The third-order valence-corrected chi connectivity index (χ3v) is 7.65. The van der Waals surface area contributed by atoms with Crippen LogP contribution >= 0.6 is 11.6 Å². The van der Waals surface area contributed by atoms with Crippen LogP contribution in [-0.2, 0) is 31.3 Å². The van der Waals surface area contributed by atoms with Crippen molar-refractivity contribution in [3.63, 3.8) is 0 Å². The second-order valence-electron chi connectivity index (χ2n) is 6.54. The number of hydrogen-bond acceptors (Lipinski definition) is 5. The van der Waals surface area contributed by atoms with Crippen molar-refractivity contribution in [1.29, 1.82) is 0 Å². The van der Waals surface area contributed by atoms with E-state index in [-0.39, 0.29) is 29.0 Å². The fourth-order valence-electron chi connectivity index (χ4n) is 3.03. The Kier molecular flexibility index (Phi) is 6.43. The quantitative estimate of drug-likeness (QED) is 0.705. The van der Waals surface area contributed by atoms with Gasteiger partial charge in [-0.3, -0.25) is 0 Å². The average Bonchev–Trinajstić information content (AvgIpc) is 3.15. The molecule has 0 amide bonds. The summed E-state index contributed by atoms with van der Waals surface area (Å²) in [6.07, 6.45) is 1.47. The smallest absolute Gasteiger partial charge is 0.243 e. The molecule has 2 N–H and O–H groups in total. The van der Waals surface area contributed by atoms with Crippen molar-refractivity contribution in [3.05, 3.63) is 59.1 Å². The molecule has 1 aliphatic heterocycles. The molecule has 0 bridgehead atoms. The van der Waals surface area contributed by atoms with E-state index in [2.05, 4.69) is 0 Å². The number of sulfonamides is 2. The zero-order valence-electron chi connectivity index (χ0n) is 15.0. The normalized spacial score (nSPS) is 17.9. The molecule has 7 nitrogen and oxygen atoms in total. The van der Waals surface area contributed by atoms with Gasteiger partial charge in [0.2, 0.25) is 20.0 Å². The molecular formula is C18H21ClN2O5S2.